The van der Waals surface area contributed by atoms with E-state index in [0.717, 1.165) is 23.3 Å². The summed E-state index contributed by atoms with van der Waals surface area (Å²) < 4.78 is 6.11. The van der Waals surface area contributed by atoms with Gasteiger partial charge in [0.25, 0.3) is 0 Å². The summed E-state index contributed by atoms with van der Waals surface area (Å²) in [6.45, 7) is 6.23. The summed E-state index contributed by atoms with van der Waals surface area (Å²) in [6.07, 6.45) is 0.0442. The van der Waals surface area contributed by atoms with E-state index in [2.05, 4.69) is 39.0 Å². The molecule has 2 nitrogen and oxygen atoms in total. The van der Waals surface area contributed by atoms with Crippen molar-refractivity contribution in [1.82, 2.24) is 0 Å². The number of fused-ring (bicyclic) bond motifs is 1. The topological polar surface area (TPSA) is 29.5 Å². The number of aliphatic hydroxyl groups excluding tert-OH is 1. The van der Waals surface area contributed by atoms with Gasteiger partial charge in [0, 0.05) is 6.42 Å². The van der Waals surface area contributed by atoms with E-state index < -0.39 is 6.10 Å². The molecule has 0 aliphatic heterocycles. The molecule has 2 atom stereocenters. The fraction of sp³-hybridized carbons (Fsp3) is 0.333. The van der Waals surface area contributed by atoms with Crippen LogP contribution in [0.15, 0.2) is 36.4 Å². The van der Waals surface area contributed by atoms with Gasteiger partial charge in [-0.05, 0) is 54.7 Å². The fourth-order valence-electron chi connectivity index (χ4n) is 2.93. The number of aryl methyl sites for hydroxylation is 2. The molecule has 2 aromatic rings. The predicted molar refractivity (Wildman–Crippen MR) is 80.2 cm³/mol. The molecule has 3 rings (SSSR count). The third-order valence-electron chi connectivity index (χ3n) is 4.19. The predicted octanol–water partition coefficient (Wildman–Crippen LogP) is 3.65. The van der Waals surface area contributed by atoms with Crippen LogP contribution in [0.25, 0.3) is 0 Å². The van der Waals surface area contributed by atoms with Gasteiger partial charge < -0.3 is 9.84 Å². The summed E-state index contributed by atoms with van der Waals surface area (Å²) in [5, 5.41) is 10.4. The molecule has 0 heterocycles. The number of aliphatic hydroxyl groups is 1. The van der Waals surface area contributed by atoms with Gasteiger partial charge in [-0.25, -0.2) is 0 Å². The monoisotopic (exact) mass is 268 g/mol. The molecule has 104 valence electrons. The lowest BCUT2D eigenvalue weighted by Gasteiger charge is -2.20. The minimum atomic E-state index is -0.536. The van der Waals surface area contributed by atoms with E-state index in [-0.39, 0.29) is 6.10 Å². The van der Waals surface area contributed by atoms with E-state index in [1.807, 2.05) is 18.2 Å². The zero-order chi connectivity index (χ0) is 14.3. The third-order valence-corrected chi connectivity index (χ3v) is 4.19. The number of rotatable bonds is 2. The van der Waals surface area contributed by atoms with Gasteiger partial charge in [-0.3, -0.25) is 0 Å². The molecule has 0 aromatic heterocycles. The summed E-state index contributed by atoms with van der Waals surface area (Å²) in [4.78, 5) is 0. The van der Waals surface area contributed by atoms with Crippen molar-refractivity contribution >= 4 is 0 Å². The first-order valence-electron chi connectivity index (χ1n) is 7.06. The van der Waals surface area contributed by atoms with Gasteiger partial charge in [0.1, 0.15) is 18.0 Å². The molecular weight excluding hydrogens is 248 g/mol. The normalized spacial score (nSPS) is 20.8. The molecule has 0 fully saturated rings. The van der Waals surface area contributed by atoms with E-state index in [9.17, 15) is 5.11 Å². The van der Waals surface area contributed by atoms with Crippen molar-refractivity contribution in [2.24, 2.45) is 0 Å². The smallest absolute Gasteiger partial charge is 0.133 e. The zero-order valence-corrected chi connectivity index (χ0v) is 12.2. The molecule has 2 unspecified atom stereocenters. The molecule has 0 saturated heterocycles. The van der Waals surface area contributed by atoms with Crippen LogP contribution in [-0.4, -0.2) is 11.2 Å². The lowest BCUT2D eigenvalue weighted by Crippen LogP contribution is -2.22. The van der Waals surface area contributed by atoms with E-state index in [1.54, 1.807) is 0 Å². The van der Waals surface area contributed by atoms with Crippen LogP contribution in [0, 0.1) is 20.8 Å². The third kappa shape index (κ3) is 2.20. The Kier molecular flexibility index (Phi) is 3.27. The van der Waals surface area contributed by atoms with E-state index in [0.29, 0.717) is 0 Å². The second-order valence-corrected chi connectivity index (χ2v) is 5.71. The standard InChI is InChI=1S/C18H20O2/c1-11-8-12(2)13(3)16(9-11)20-17-10-14-6-4-5-7-15(14)18(17)19/h4-9,17-19H,10H2,1-3H3. The first-order valence-corrected chi connectivity index (χ1v) is 7.06. The van der Waals surface area contributed by atoms with Gasteiger partial charge in [-0.15, -0.1) is 0 Å². The van der Waals surface area contributed by atoms with E-state index >= 15 is 0 Å². The van der Waals surface area contributed by atoms with Crippen molar-refractivity contribution in [2.75, 3.05) is 0 Å². The Morgan fingerprint density at radius 1 is 1.10 bits per heavy atom. The van der Waals surface area contributed by atoms with Crippen molar-refractivity contribution in [3.05, 3.63) is 64.2 Å². The molecule has 2 aromatic carbocycles. The largest absolute Gasteiger partial charge is 0.487 e. The van der Waals surface area contributed by atoms with Gasteiger partial charge in [-0.2, -0.15) is 0 Å². The van der Waals surface area contributed by atoms with Crippen molar-refractivity contribution in [1.29, 1.82) is 0 Å². The second kappa shape index (κ2) is 4.95. The summed E-state index contributed by atoms with van der Waals surface area (Å²) in [6, 6.07) is 12.2. The van der Waals surface area contributed by atoms with Crippen molar-refractivity contribution < 1.29 is 9.84 Å². The average molecular weight is 268 g/mol. The maximum absolute atomic E-state index is 10.4. The SMILES string of the molecule is Cc1cc(C)c(C)c(OC2Cc3ccccc3C2O)c1. The van der Waals surface area contributed by atoms with Gasteiger partial charge in [0.05, 0.1) is 0 Å². The quantitative estimate of drug-likeness (QED) is 0.901. The first kappa shape index (κ1) is 13.2. The Labute approximate surface area is 120 Å². The first-order chi connectivity index (χ1) is 9.56. The maximum Gasteiger partial charge on any atom is 0.133 e. The van der Waals surface area contributed by atoms with Crippen LogP contribution in [0.2, 0.25) is 0 Å². The van der Waals surface area contributed by atoms with Crippen LogP contribution >= 0.6 is 0 Å². The Hall–Kier alpha value is -1.80. The summed E-state index contributed by atoms with van der Waals surface area (Å²) in [5.41, 5.74) is 5.75. The lowest BCUT2D eigenvalue weighted by atomic mass is 10.1. The number of benzene rings is 2. The maximum atomic E-state index is 10.4. The molecular formula is C18H20O2. The molecule has 0 amide bonds. The minimum absolute atomic E-state index is 0.188. The van der Waals surface area contributed by atoms with E-state index in [1.165, 1.54) is 16.7 Å². The Morgan fingerprint density at radius 3 is 2.60 bits per heavy atom. The number of hydrogen-bond donors (Lipinski definition) is 1. The molecule has 0 radical (unpaired) electrons. The van der Waals surface area contributed by atoms with Gasteiger partial charge >= 0.3 is 0 Å². The molecule has 1 aliphatic carbocycles. The van der Waals surface area contributed by atoms with Crippen LogP contribution in [0.4, 0.5) is 0 Å². The number of ether oxygens (including phenoxy) is 1. The Balaban J connectivity index is 1.87. The molecule has 2 heteroatoms. The summed E-state index contributed by atoms with van der Waals surface area (Å²) in [7, 11) is 0. The van der Waals surface area contributed by atoms with Crippen LogP contribution in [-0.2, 0) is 6.42 Å². The van der Waals surface area contributed by atoms with Crippen LogP contribution in [0.3, 0.4) is 0 Å². The van der Waals surface area contributed by atoms with Gasteiger partial charge in [-0.1, -0.05) is 30.3 Å². The molecule has 1 N–H and O–H groups in total. The lowest BCUT2D eigenvalue weighted by molar-refractivity contribution is 0.0489. The second-order valence-electron chi connectivity index (χ2n) is 5.71. The van der Waals surface area contributed by atoms with Crippen LogP contribution in [0.1, 0.15) is 33.9 Å². The van der Waals surface area contributed by atoms with Crippen molar-refractivity contribution in [3.8, 4) is 5.75 Å². The molecule has 0 spiro atoms. The van der Waals surface area contributed by atoms with Gasteiger partial charge in [0.2, 0.25) is 0 Å². The number of hydrogen-bond acceptors (Lipinski definition) is 2. The molecule has 20 heavy (non-hydrogen) atoms. The summed E-state index contributed by atoms with van der Waals surface area (Å²) >= 11 is 0. The average Bonchev–Trinajstić information content (AvgIpc) is 2.73. The van der Waals surface area contributed by atoms with Crippen LogP contribution < -0.4 is 4.74 Å². The molecule has 1 aliphatic rings. The molecule has 0 bridgehead atoms. The van der Waals surface area contributed by atoms with Crippen molar-refractivity contribution in [2.45, 2.75) is 39.4 Å². The highest BCUT2D eigenvalue weighted by atomic mass is 16.5. The van der Waals surface area contributed by atoms with Gasteiger partial charge in [0.15, 0.2) is 0 Å². The highest BCUT2D eigenvalue weighted by molar-refractivity contribution is 5.43. The summed E-state index contributed by atoms with van der Waals surface area (Å²) in [5.74, 6) is 0.888. The minimum Gasteiger partial charge on any atom is -0.487 e. The van der Waals surface area contributed by atoms with Crippen LogP contribution in [0.5, 0.6) is 5.75 Å². The Bertz CT molecular complexity index is 646. The van der Waals surface area contributed by atoms with E-state index in [4.69, 9.17) is 4.74 Å². The highest BCUT2D eigenvalue weighted by Gasteiger charge is 2.32. The fourth-order valence-corrected chi connectivity index (χ4v) is 2.93. The highest BCUT2D eigenvalue weighted by Crippen LogP contribution is 2.35. The zero-order valence-electron chi connectivity index (χ0n) is 12.2. The Morgan fingerprint density at radius 2 is 1.85 bits per heavy atom. The van der Waals surface area contributed by atoms with Crippen molar-refractivity contribution in [3.63, 3.8) is 0 Å². The molecule has 0 saturated carbocycles.